The van der Waals surface area contributed by atoms with E-state index in [1.165, 1.54) is 12.1 Å². The fourth-order valence-corrected chi connectivity index (χ4v) is 4.28. The van der Waals surface area contributed by atoms with Crippen molar-refractivity contribution >= 4 is 21.7 Å². The van der Waals surface area contributed by atoms with Gasteiger partial charge in [0.15, 0.2) is 0 Å². The molecule has 1 aliphatic rings. The Labute approximate surface area is 135 Å². The predicted molar refractivity (Wildman–Crippen MR) is 84.9 cm³/mol. The number of esters is 1. The molecule has 0 radical (unpaired) electrons. The van der Waals surface area contributed by atoms with Crippen LogP contribution in [-0.2, 0) is 14.8 Å². The first-order chi connectivity index (χ1) is 10.8. The molecule has 0 saturated heterocycles. The van der Waals surface area contributed by atoms with Gasteiger partial charge in [0, 0.05) is 0 Å². The van der Waals surface area contributed by atoms with Gasteiger partial charge in [0.05, 0.1) is 24.0 Å². The van der Waals surface area contributed by atoms with Gasteiger partial charge in [0.25, 0.3) is 0 Å². The van der Waals surface area contributed by atoms with Crippen molar-refractivity contribution < 1.29 is 28.2 Å². The van der Waals surface area contributed by atoms with Gasteiger partial charge in [0.1, 0.15) is 11.0 Å². The normalized spacial score (nSPS) is 21.7. The summed E-state index contributed by atoms with van der Waals surface area (Å²) in [6, 6.07) is 3.81. The van der Waals surface area contributed by atoms with Gasteiger partial charge in [-0.15, -0.1) is 0 Å². The summed E-state index contributed by atoms with van der Waals surface area (Å²) >= 11 is 0. The molecule has 128 valence electrons. The second-order valence-corrected chi connectivity index (χ2v) is 7.39. The van der Waals surface area contributed by atoms with Crippen LogP contribution in [0.5, 0.6) is 5.75 Å². The Morgan fingerprint density at radius 1 is 1.35 bits per heavy atom. The van der Waals surface area contributed by atoms with Gasteiger partial charge in [-0.25, -0.2) is 13.2 Å². The highest BCUT2D eigenvalue weighted by molar-refractivity contribution is 7.93. The third kappa shape index (κ3) is 4.14. The minimum Gasteiger partial charge on any atom is -0.506 e. The molecule has 2 rings (SSSR count). The lowest BCUT2D eigenvalue weighted by Crippen LogP contribution is -2.40. The number of rotatable bonds is 5. The number of carbonyl (C=O) groups excluding carboxylic acids is 1. The summed E-state index contributed by atoms with van der Waals surface area (Å²) in [5.74, 6) is -0.968. The van der Waals surface area contributed by atoms with Crippen LogP contribution in [0.4, 0.5) is 5.69 Å². The van der Waals surface area contributed by atoms with Gasteiger partial charge < -0.3 is 14.9 Å². The molecule has 0 spiro atoms. The highest BCUT2D eigenvalue weighted by Crippen LogP contribution is 2.30. The number of aliphatic hydroxyl groups is 1. The number of benzene rings is 1. The Morgan fingerprint density at radius 2 is 2.04 bits per heavy atom. The van der Waals surface area contributed by atoms with Crippen molar-refractivity contribution in [3.8, 4) is 5.75 Å². The fourth-order valence-electron chi connectivity index (χ4n) is 2.63. The molecule has 3 N–H and O–H groups in total. The minimum absolute atomic E-state index is 0.0316. The van der Waals surface area contributed by atoms with E-state index in [1.54, 1.807) is 6.92 Å². The monoisotopic (exact) mass is 343 g/mol. The van der Waals surface area contributed by atoms with Gasteiger partial charge in [-0.05, 0) is 38.0 Å². The van der Waals surface area contributed by atoms with Crippen molar-refractivity contribution in [2.24, 2.45) is 0 Å². The molecule has 0 amide bonds. The maximum atomic E-state index is 12.4. The molecule has 0 unspecified atom stereocenters. The molecule has 1 saturated carbocycles. The lowest BCUT2D eigenvalue weighted by molar-refractivity contribution is 0.0526. The summed E-state index contributed by atoms with van der Waals surface area (Å²) in [5.41, 5.74) is 0.0980. The number of nitrogens with one attached hydrogen (secondary N) is 1. The number of hydrogen-bond acceptors (Lipinski definition) is 6. The number of hydrogen-bond donors (Lipinski definition) is 3. The second-order valence-electron chi connectivity index (χ2n) is 5.49. The topological polar surface area (TPSA) is 113 Å². The average Bonchev–Trinajstić information content (AvgIpc) is 2.49. The zero-order valence-corrected chi connectivity index (χ0v) is 13.7. The molecule has 1 aliphatic carbocycles. The van der Waals surface area contributed by atoms with Crippen LogP contribution in [0.1, 0.15) is 43.0 Å². The molecule has 7 nitrogen and oxygen atoms in total. The first kappa shape index (κ1) is 17.6. The molecule has 0 heterocycles. The first-order valence-corrected chi connectivity index (χ1v) is 9.09. The Bertz CT molecular complexity index is 673. The highest BCUT2D eigenvalue weighted by Gasteiger charge is 2.34. The predicted octanol–water partition coefficient (Wildman–Crippen LogP) is 1.61. The van der Waals surface area contributed by atoms with Gasteiger partial charge in [-0.3, -0.25) is 4.72 Å². The van der Waals surface area contributed by atoms with E-state index < -0.39 is 27.3 Å². The van der Waals surface area contributed by atoms with Crippen LogP contribution in [0, 0.1) is 0 Å². The van der Waals surface area contributed by atoms with E-state index in [-0.39, 0.29) is 23.6 Å². The van der Waals surface area contributed by atoms with Crippen molar-refractivity contribution in [2.45, 2.75) is 44.0 Å². The Balaban J connectivity index is 2.17. The molecule has 23 heavy (non-hydrogen) atoms. The van der Waals surface area contributed by atoms with E-state index in [4.69, 9.17) is 4.74 Å². The van der Waals surface area contributed by atoms with Gasteiger partial charge in [-0.2, -0.15) is 0 Å². The summed E-state index contributed by atoms with van der Waals surface area (Å²) in [5, 5.41) is 18.9. The number of sulfonamides is 1. The number of phenolic OH excluding ortho intramolecular Hbond substituents is 1. The summed E-state index contributed by atoms with van der Waals surface area (Å²) in [6.07, 6.45) is 1.43. The Morgan fingerprint density at radius 3 is 2.65 bits per heavy atom. The van der Waals surface area contributed by atoms with Crippen LogP contribution < -0.4 is 4.72 Å². The molecule has 0 aliphatic heterocycles. The quantitative estimate of drug-likeness (QED) is 0.553. The summed E-state index contributed by atoms with van der Waals surface area (Å²) < 4.78 is 31.8. The first-order valence-electron chi connectivity index (χ1n) is 7.55. The average molecular weight is 343 g/mol. The zero-order valence-electron chi connectivity index (χ0n) is 12.9. The van der Waals surface area contributed by atoms with Gasteiger partial charge >= 0.3 is 5.97 Å². The van der Waals surface area contributed by atoms with Crippen LogP contribution in [0.25, 0.3) is 0 Å². The Hall–Kier alpha value is -1.80. The van der Waals surface area contributed by atoms with Crippen LogP contribution in [-0.4, -0.2) is 42.6 Å². The molecule has 2 atom stereocenters. The molecule has 0 aromatic heterocycles. The number of aromatic hydroxyl groups is 1. The third-order valence-electron chi connectivity index (χ3n) is 3.83. The molecular weight excluding hydrogens is 322 g/mol. The third-order valence-corrected chi connectivity index (χ3v) is 5.68. The van der Waals surface area contributed by atoms with E-state index in [1.807, 2.05) is 0 Å². The van der Waals surface area contributed by atoms with Crippen molar-refractivity contribution in [1.29, 1.82) is 0 Å². The number of aliphatic hydroxyl groups excluding tert-OH is 1. The number of ether oxygens (including phenoxy) is 1. The maximum absolute atomic E-state index is 12.4. The molecule has 0 bridgehead atoms. The standard InChI is InChI=1S/C15H21NO6S/c1-2-22-15(19)10-7-8-11(13(18)9-10)16-23(20,21)14-6-4-3-5-12(14)17/h7-9,12,14,16-18H,2-6H2,1H3/t12-,14+/m0/s1. The minimum atomic E-state index is -3.83. The fraction of sp³-hybridized carbons (Fsp3) is 0.533. The highest BCUT2D eigenvalue weighted by atomic mass is 32.2. The van der Waals surface area contributed by atoms with Crippen molar-refractivity contribution in [1.82, 2.24) is 0 Å². The van der Waals surface area contributed by atoms with Gasteiger partial charge in [-0.1, -0.05) is 12.8 Å². The summed E-state index contributed by atoms with van der Waals surface area (Å²) in [4.78, 5) is 11.6. The van der Waals surface area contributed by atoms with E-state index in [0.717, 1.165) is 18.9 Å². The van der Waals surface area contributed by atoms with E-state index in [2.05, 4.69) is 4.72 Å². The Kier molecular flexibility index (Phi) is 5.48. The molecule has 8 heteroatoms. The van der Waals surface area contributed by atoms with Crippen molar-refractivity contribution in [2.75, 3.05) is 11.3 Å². The van der Waals surface area contributed by atoms with Crippen LogP contribution in [0.3, 0.4) is 0 Å². The molecular formula is C15H21NO6S. The number of anilines is 1. The zero-order chi connectivity index (χ0) is 17.0. The largest absolute Gasteiger partial charge is 0.506 e. The molecule has 1 fully saturated rings. The van der Waals surface area contributed by atoms with Gasteiger partial charge in [0.2, 0.25) is 10.0 Å². The number of carbonyl (C=O) groups is 1. The van der Waals surface area contributed by atoms with Crippen LogP contribution >= 0.6 is 0 Å². The maximum Gasteiger partial charge on any atom is 0.338 e. The van der Waals surface area contributed by atoms with E-state index in [9.17, 15) is 23.4 Å². The summed E-state index contributed by atoms with van der Waals surface area (Å²) in [7, 11) is -3.83. The van der Waals surface area contributed by atoms with E-state index in [0.29, 0.717) is 12.8 Å². The van der Waals surface area contributed by atoms with Crippen molar-refractivity contribution in [3.05, 3.63) is 23.8 Å². The molecule has 1 aromatic carbocycles. The van der Waals surface area contributed by atoms with Crippen molar-refractivity contribution in [3.63, 3.8) is 0 Å². The molecule has 1 aromatic rings. The number of phenols is 1. The van der Waals surface area contributed by atoms with Crippen LogP contribution in [0.2, 0.25) is 0 Å². The van der Waals surface area contributed by atoms with Crippen LogP contribution in [0.15, 0.2) is 18.2 Å². The summed E-state index contributed by atoms with van der Waals surface area (Å²) in [6.45, 7) is 1.86. The lowest BCUT2D eigenvalue weighted by atomic mass is 9.97. The lowest BCUT2D eigenvalue weighted by Gasteiger charge is -2.27. The second kappa shape index (κ2) is 7.18. The smallest absolute Gasteiger partial charge is 0.338 e. The van der Waals surface area contributed by atoms with E-state index >= 15 is 0 Å². The SMILES string of the molecule is CCOC(=O)c1ccc(NS(=O)(=O)[C@@H]2CCCC[C@@H]2O)c(O)c1.